The van der Waals surface area contributed by atoms with Gasteiger partial charge in [0.05, 0.1) is 5.92 Å². The molecule has 0 amide bonds. The Kier molecular flexibility index (Phi) is 4.18. The molecule has 1 N–H and O–H groups in total. The minimum atomic E-state index is -3.70. The normalized spacial score (nSPS) is 13.8. The fraction of sp³-hybridized carbons (Fsp3) is 0.545. The molecule has 0 aromatic carbocycles. The monoisotopic (exact) mass is 275 g/mol. The Hall–Kier alpha value is -1.34. The lowest BCUT2D eigenvalue weighted by atomic mass is 10.2. The van der Waals surface area contributed by atoms with Gasteiger partial charge >= 0.3 is 5.97 Å². The van der Waals surface area contributed by atoms with Gasteiger partial charge in [0, 0.05) is 13.6 Å². The van der Waals surface area contributed by atoms with E-state index < -0.39 is 21.9 Å². The standard InChI is InChI=1S/C11H17NO5S/c1-7(11(13)14)6-12(4)18(15,16)10-5-8(2)17-9(10)3/h5,7H,6H2,1-4H3,(H,13,14). The second-order valence-corrected chi connectivity index (χ2v) is 6.32. The fourth-order valence-electron chi connectivity index (χ4n) is 1.59. The Labute approximate surface area is 106 Å². The second kappa shape index (κ2) is 5.11. The van der Waals surface area contributed by atoms with Gasteiger partial charge < -0.3 is 9.52 Å². The van der Waals surface area contributed by atoms with Crippen molar-refractivity contribution >= 4 is 16.0 Å². The maximum Gasteiger partial charge on any atom is 0.307 e. The summed E-state index contributed by atoms with van der Waals surface area (Å²) in [6.07, 6.45) is 0. The van der Waals surface area contributed by atoms with Crippen LogP contribution in [0.25, 0.3) is 0 Å². The molecule has 1 heterocycles. The summed E-state index contributed by atoms with van der Waals surface area (Å²) in [6, 6.07) is 1.44. The molecule has 0 spiro atoms. The van der Waals surface area contributed by atoms with Gasteiger partial charge in [0.25, 0.3) is 0 Å². The molecule has 0 bridgehead atoms. The van der Waals surface area contributed by atoms with Crippen LogP contribution >= 0.6 is 0 Å². The number of sulfonamides is 1. The highest BCUT2D eigenvalue weighted by Gasteiger charge is 2.28. The van der Waals surface area contributed by atoms with E-state index in [0.29, 0.717) is 11.5 Å². The van der Waals surface area contributed by atoms with Gasteiger partial charge in [-0.15, -0.1) is 0 Å². The molecule has 0 aliphatic rings. The summed E-state index contributed by atoms with van der Waals surface area (Å²) in [5.74, 6) is -0.983. The van der Waals surface area contributed by atoms with Crippen LogP contribution in [0.3, 0.4) is 0 Å². The van der Waals surface area contributed by atoms with Crippen LogP contribution in [0.1, 0.15) is 18.4 Å². The summed E-state index contributed by atoms with van der Waals surface area (Å²) in [6.45, 7) is 4.60. The zero-order chi connectivity index (χ0) is 14.1. The molecule has 1 aromatic rings. The molecule has 0 saturated heterocycles. The third-order valence-electron chi connectivity index (χ3n) is 2.64. The zero-order valence-corrected chi connectivity index (χ0v) is 11.6. The molecule has 7 heteroatoms. The average Bonchev–Trinajstić information content (AvgIpc) is 2.57. The molecule has 0 aliphatic heterocycles. The Morgan fingerprint density at radius 3 is 2.44 bits per heavy atom. The number of aryl methyl sites for hydroxylation is 2. The summed E-state index contributed by atoms with van der Waals surface area (Å²) in [7, 11) is -2.34. The lowest BCUT2D eigenvalue weighted by Gasteiger charge is -2.18. The second-order valence-electron chi connectivity index (χ2n) is 4.30. The maximum absolute atomic E-state index is 12.2. The average molecular weight is 275 g/mol. The van der Waals surface area contributed by atoms with Crippen LogP contribution in [0.15, 0.2) is 15.4 Å². The van der Waals surface area contributed by atoms with E-state index in [1.807, 2.05) is 0 Å². The fourth-order valence-corrected chi connectivity index (χ4v) is 3.07. The first kappa shape index (κ1) is 14.7. The number of furan rings is 1. The van der Waals surface area contributed by atoms with Crippen molar-refractivity contribution in [1.82, 2.24) is 4.31 Å². The first-order valence-electron chi connectivity index (χ1n) is 5.42. The van der Waals surface area contributed by atoms with E-state index >= 15 is 0 Å². The van der Waals surface area contributed by atoms with Crippen LogP contribution in [0, 0.1) is 19.8 Å². The number of aliphatic carboxylic acids is 1. The minimum Gasteiger partial charge on any atom is -0.481 e. The maximum atomic E-state index is 12.2. The molecule has 1 atom stereocenters. The molecule has 0 aliphatic carbocycles. The molecular weight excluding hydrogens is 258 g/mol. The predicted octanol–water partition coefficient (Wildman–Crippen LogP) is 1.24. The van der Waals surface area contributed by atoms with Gasteiger partial charge in [-0.1, -0.05) is 6.92 Å². The van der Waals surface area contributed by atoms with Gasteiger partial charge in [0.1, 0.15) is 16.4 Å². The smallest absolute Gasteiger partial charge is 0.307 e. The summed E-state index contributed by atoms with van der Waals surface area (Å²) < 4.78 is 30.6. The van der Waals surface area contributed by atoms with Crippen LogP contribution < -0.4 is 0 Å². The van der Waals surface area contributed by atoms with Crippen molar-refractivity contribution < 1.29 is 22.7 Å². The van der Waals surface area contributed by atoms with Crippen molar-refractivity contribution in [3.63, 3.8) is 0 Å². The number of carbonyl (C=O) groups is 1. The molecular formula is C11H17NO5S. The first-order chi connectivity index (χ1) is 8.16. The Morgan fingerprint density at radius 1 is 1.50 bits per heavy atom. The Balaban J connectivity index is 3.00. The number of hydrogen-bond acceptors (Lipinski definition) is 4. The van der Waals surface area contributed by atoms with Crippen molar-refractivity contribution in [2.45, 2.75) is 25.7 Å². The first-order valence-corrected chi connectivity index (χ1v) is 6.86. The largest absolute Gasteiger partial charge is 0.481 e. The molecule has 1 unspecified atom stereocenters. The van der Waals surface area contributed by atoms with E-state index in [-0.39, 0.29) is 11.4 Å². The molecule has 18 heavy (non-hydrogen) atoms. The quantitative estimate of drug-likeness (QED) is 0.873. The predicted molar refractivity (Wildman–Crippen MR) is 64.8 cm³/mol. The molecule has 0 radical (unpaired) electrons. The highest BCUT2D eigenvalue weighted by molar-refractivity contribution is 7.89. The highest BCUT2D eigenvalue weighted by Crippen LogP contribution is 2.22. The summed E-state index contributed by atoms with van der Waals surface area (Å²) >= 11 is 0. The number of carboxylic acid groups (broad SMARTS) is 1. The summed E-state index contributed by atoms with van der Waals surface area (Å²) in [5.41, 5.74) is 0. The lowest BCUT2D eigenvalue weighted by molar-refractivity contribution is -0.141. The van der Waals surface area contributed by atoms with Gasteiger partial charge in [-0.2, -0.15) is 4.31 Å². The number of rotatable bonds is 5. The van der Waals surface area contributed by atoms with Crippen LogP contribution in [0.2, 0.25) is 0 Å². The van der Waals surface area contributed by atoms with Crippen molar-refractivity contribution in [3.05, 3.63) is 17.6 Å². The van der Waals surface area contributed by atoms with Gasteiger partial charge in [-0.05, 0) is 19.9 Å². The van der Waals surface area contributed by atoms with Gasteiger partial charge in [-0.25, -0.2) is 8.42 Å². The highest BCUT2D eigenvalue weighted by atomic mass is 32.2. The number of hydrogen-bond donors (Lipinski definition) is 1. The minimum absolute atomic E-state index is 0.0820. The van der Waals surface area contributed by atoms with E-state index in [0.717, 1.165) is 4.31 Å². The topological polar surface area (TPSA) is 87.8 Å². The van der Waals surface area contributed by atoms with Crippen LogP contribution in [-0.2, 0) is 14.8 Å². The molecule has 1 aromatic heterocycles. The molecule has 0 saturated carbocycles. The van der Waals surface area contributed by atoms with E-state index in [9.17, 15) is 13.2 Å². The van der Waals surface area contributed by atoms with Gasteiger partial charge in [0.15, 0.2) is 0 Å². The van der Waals surface area contributed by atoms with E-state index in [1.54, 1.807) is 13.8 Å². The molecule has 6 nitrogen and oxygen atoms in total. The number of carboxylic acids is 1. The zero-order valence-electron chi connectivity index (χ0n) is 10.8. The van der Waals surface area contributed by atoms with E-state index in [1.165, 1.54) is 20.0 Å². The Morgan fingerprint density at radius 2 is 2.06 bits per heavy atom. The lowest BCUT2D eigenvalue weighted by Crippen LogP contribution is -2.33. The van der Waals surface area contributed by atoms with Crippen molar-refractivity contribution in [2.24, 2.45) is 5.92 Å². The van der Waals surface area contributed by atoms with Crippen molar-refractivity contribution in [3.8, 4) is 0 Å². The molecule has 102 valence electrons. The summed E-state index contributed by atoms with van der Waals surface area (Å²) in [4.78, 5) is 10.8. The number of nitrogens with zero attached hydrogens (tertiary/aromatic N) is 1. The third-order valence-corrected chi connectivity index (χ3v) is 4.57. The molecule has 0 fully saturated rings. The van der Waals surface area contributed by atoms with E-state index in [2.05, 4.69) is 0 Å². The summed E-state index contributed by atoms with van der Waals surface area (Å²) in [5, 5.41) is 8.79. The van der Waals surface area contributed by atoms with Crippen LogP contribution in [0.4, 0.5) is 0 Å². The van der Waals surface area contributed by atoms with Crippen LogP contribution in [-0.4, -0.2) is 37.4 Å². The molecule has 1 rings (SSSR count). The van der Waals surface area contributed by atoms with Crippen molar-refractivity contribution in [2.75, 3.05) is 13.6 Å². The third kappa shape index (κ3) is 2.91. The van der Waals surface area contributed by atoms with Crippen molar-refractivity contribution in [1.29, 1.82) is 0 Å². The van der Waals surface area contributed by atoms with Gasteiger partial charge in [-0.3, -0.25) is 4.79 Å². The Bertz CT molecular complexity index is 546. The SMILES string of the molecule is Cc1cc(S(=O)(=O)N(C)CC(C)C(=O)O)c(C)o1. The van der Waals surface area contributed by atoms with Crippen LogP contribution in [0.5, 0.6) is 0 Å². The van der Waals surface area contributed by atoms with E-state index in [4.69, 9.17) is 9.52 Å². The van der Waals surface area contributed by atoms with Gasteiger partial charge in [0.2, 0.25) is 10.0 Å².